The SMILES string of the molecule is COC(=O)C1CCN(C2CCN(Cc3cc(F)cc4c(-c5cnc(OC)c(NS(C)(=O)=O)c5)nc(N5CCOCC5)nc34)CC2)CC1. The Morgan fingerprint density at radius 2 is 1.74 bits per heavy atom. The number of nitrogens with zero attached hydrogens (tertiary/aromatic N) is 6. The molecule has 47 heavy (non-hydrogen) atoms. The first-order valence-corrected chi connectivity index (χ1v) is 17.9. The van der Waals surface area contributed by atoms with Crippen molar-refractivity contribution >= 4 is 38.5 Å². The molecular formula is C32H42FN7O6S. The van der Waals surface area contributed by atoms with Crippen molar-refractivity contribution in [3.05, 3.63) is 35.8 Å². The first-order chi connectivity index (χ1) is 22.6. The minimum absolute atomic E-state index is 0.0111. The van der Waals surface area contributed by atoms with E-state index in [1.165, 1.54) is 20.3 Å². The van der Waals surface area contributed by atoms with Crippen molar-refractivity contribution < 1.29 is 31.8 Å². The zero-order chi connectivity index (χ0) is 33.1. The number of methoxy groups -OCH3 is 2. The average Bonchev–Trinajstić information content (AvgIpc) is 3.07. The highest BCUT2D eigenvalue weighted by Crippen LogP contribution is 2.35. The van der Waals surface area contributed by atoms with E-state index in [9.17, 15) is 13.2 Å². The molecule has 5 heterocycles. The number of likely N-dealkylation sites (tertiary alicyclic amines) is 2. The summed E-state index contributed by atoms with van der Waals surface area (Å²) in [6, 6.07) is 5.03. The molecular weight excluding hydrogens is 629 g/mol. The van der Waals surface area contributed by atoms with Gasteiger partial charge in [-0.05, 0) is 75.6 Å². The van der Waals surface area contributed by atoms with Gasteiger partial charge in [-0.3, -0.25) is 14.4 Å². The van der Waals surface area contributed by atoms with E-state index in [1.54, 1.807) is 18.3 Å². The van der Waals surface area contributed by atoms with Gasteiger partial charge in [0.2, 0.25) is 21.9 Å². The zero-order valence-electron chi connectivity index (χ0n) is 27.1. The summed E-state index contributed by atoms with van der Waals surface area (Å²) in [5.41, 5.74) is 2.48. The van der Waals surface area contributed by atoms with Crippen LogP contribution in [0.1, 0.15) is 31.2 Å². The summed E-state index contributed by atoms with van der Waals surface area (Å²) < 4.78 is 57.9. The smallest absolute Gasteiger partial charge is 0.308 e. The van der Waals surface area contributed by atoms with Crippen molar-refractivity contribution in [1.29, 1.82) is 0 Å². The highest BCUT2D eigenvalue weighted by atomic mass is 32.2. The molecule has 0 spiro atoms. The number of ether oxygens (including phenoxy) is 3. The minimum Gasteiger partial charge on any atom is -0.480 e. The van der Waals surface area contributed by atoms with Crippen molar-refractivity contribution in [2.75, 3.05) is 82.6 Å². The molecule has 3 saturated heterocycles. The number of morpholine rings is 1. The third-order valence-corrected chi connectivity index (χ3v) is 9.86. The number of piperidine rings is 2. The van der Waals surface area contributed by atoms with E-state index in [-0.39, 0.29) is 23.5 Å². The molecule has 2 aromatic heterocycles. The van der Waals surface area contributed by atoms with E-state index in [1.807, 2.05) is 4.90 Å². The van der Waals surface area contributed by atoms with Crippen LogP contribution in [0, 0.1) is 11.7 Å². The normalized spacial score (nSPS) is 19.2. The number of carbonyl (C=O) groups excluding carboxylic acids is 1. The fourth-order valence-electron chi connectivity index (χ4n) is 6.87. The molecule has 254 valence electrons. The second-order valence-corrected chi connectivity index (χ2v) is 14.2. The van der Waals surface area contributed by atoms with Gasteiger partial charge in [0, 0.05) is 42.8 Å². The molecule has 0 saturated carbocycles. The van der Waals surface area contributed by atoms with E-state index < -0.39 is 15.8 Å². The lowest BCUT2D eigenvalue weighted by Crippen LogP contribution is -2.48. The number of hydrogen-bond donors (Lipinski definition) is 1. The lowest BCUT2D eigenvalue weighted by Gasteiger charge is -2.41. The van der Waals surface area contributed by atoms with Gasteiger partial charge in [-0.15, -0.1) is 0 Å². The van der Waals surface area contributed by atoms with Gasteiger partial charge in [-0.2, -0.15) is 0 Å². The molecule has 0 bridgehead atoms. The van der Waals surface area contributed by atoms with E-state index in [0.29, 0.717) is 67.0 Å². The molecule has 0 amide bonds. The monoisotopic (exact) mass is 671 g/mol. The topological polar surface area (TPSA) is 139 Å². The van der Waals surface area contributed by atoms with E-state index in [2.05, 4.69) is 19.5 Å². The predicted molar refractivity (Wildman–Crippen MR) is 175 cm³/mol. The largest absolute Gasteiger partial charge is 0.480 e. The highest BCUT2D eigenvalue weighted by molar-refractivity contribution is 7.92. The lowest BCUT2D eigenvalue weighted by molar-refractivity contribution is -0.147. The van der Waals surface area contributed by atoms with Gasteiger partial charge >= 0.3 is 5.97 Å². The summed E-state index contributed by atoms with van der Waals surface area (Å²) in [5, 5.41) is 0.512. The Kier molecular flexibility index (Phi) is 10.1. The molecule has 13 nitrogen and oxygen atoms in total. The van der Waals surface area contributed by atoms with Gasteiger partial charge in [-0.1, -0.05) is 0 Å². The van der Waals surface area contributed by atoms with Gasteiger partial charge in [0.1, 0.15) is 11.5 Å². The molecule has 3 aromatic rings. The number of nitrogens with one attached hydrogen (secondary N) is 1. The second kappa shape index (κ2) is 14.2. The first kappa shape index (κ1) is 33.2. The Morgan fingerprint density at radius 1 is 1.02 bits per heavy atom. The number of hydrogen-bond acceptors (Lipinski definition) is 12. The van der Waals surface area contributed by atoms with Crippen LogP contribution in [0.3, 0.4) is 0 Å². The number of anilines is 2. The van der Waals surface area contributed by atoms with Crippen molar-refractivity contribution in [2.45, 2.75) is 38.3 Å². The van der Waals surface area contributed by atoms with Gasteiger partial charge in [0.15, 0.2) is 0 Å². The molecule has 15 heteroatoms. The van der Waals surface area contributed by atoms with Gasteiger partial charge in [0.25, 0.3) is 0 Å². The number of sulfonamides is 1. The Labute approximate surface area is 274 Å². The molecule has 0 atom stereocenters. The second-order valence-electron chi connectivity index (χ2n) is 12.4. The maximum Gasteiger partial charge on any atom is 0.308 e. The molecule has 0 radical (unpaired) electrons. The van der Waals surface area contributed by atoms with Crippen molar-refractivity contribution in [3.63, 3.8) is 0 Å². The molecule has 3 aliphatic rings. The van der Waals surface area contributed by atoms with Crippen LogP contribution in [0.2, 0.25) is 0 Å². The highest BCUT2D eigenvalue weighted by Gasteiger charge is 2.31. The summed E-state index contributed by atoms with van der Waals surface area (Å²) in [7, 11) is -0.778. The Bertz CT molecular complexity index is 1710. The molecule has 0 unspecified atom stereocenters. The number of benzene rings is 1. The summed E-state index contributed by atoms with van der Waals surface area (Å²) in [6.45, 7) is 6.31. The standard InChI is InChI=1S/C32H42FN7O6S/c1-44-30-27(37-47(3,42)43)17-22(19-34-30)28-26-18-24(33)16-23(29(26)36-32(35-28)40-12-14-46-15-13-40)20-38-8-6-25(7-9-38)39-10-4-21(5-11-39)31(41)45-2/h16-19,21,25,37H,4-15,20H2,1-3H3. The zero-order valence-corrected chi connectivity index (χ0v) is 27.9. The number of pyridine rings is 1. The van der Waals surface area contributed by atoms with Crippen LogP contribution in [-0.4, -0.2) is 118 Å². The van der Waals surface area contributed by atoms with Crippen LogP contribution in [0.15, 0.2) is 24.4 Å². The summed E-state index contributed by atoms with van der Waals surface area (Å²) in [6.07, 6.45) is 6.22. The van der Waals surface area contributed by atoms with Gasteiger partial charge in [0.05, 0.1) is 50.8 Å². The van der Waals surface area contributed by atoms with E-state index in [0.717, 1.165) is 63.7 Å². The average molecular weight is 672 g/mol. The van der Waals surface area contributed by atoms with E-state index >= 15 is 4.39 Å². The first-order valence-electron chi connectivity index (χ1n) is 16.0. The molecule has 6 rings (SSSR count). The fourth-order valence-corrected chi connectivity index (χ4v) is 7.41. The van der Waals surface area contributed by atoms with Gasteiger partial charge in [-0.25, -0.2) is 27.8 Å². The predicted octanol–water partition coefficient (Wildman–Crippen LogP) is 2.90. The van der Waals surface area contributed by atoms with Crippen LogP contribution in [0.25, 0.3) is 22.2 Å². The number of rotatable bonds is 9. The van der Waals surface area contributed by atoms with Crippen molar-refractivity contribution in [2.24, 2.45) is 5.92 Å². The number of fused-ring (bicyclic) bond motifs is 1. The number of carbonyl (C=O) groups is 1. The van der Waals surface area contributed by atoms with Crippen LogP contribution in [0.5, 0.6) is 5.88 Å². The Morgan fingerprint density at radius 3 is 2.40 bits per heavy atom. The Balaban J connectivity index is 1.29. The van der Waals surface area contributed by atoms with Crippen molar-refractivity contribution in [3.8, 4) is 17.1 Å². The summed E-state index contributed by atoms with van der Waals surface area (Å²) in [5.74, 6) is 0.0684. The van der Waals surface area contributed by atoms with Crippen LogP contribution in [0.4, 0.5) is 16.0 Å². The molecule has 0 aliphatic carbocycles. The van der Waals surface area contributed by atoms with E-state index in [4.69, 9.17) is 24.2 Å². The molecule has 1 aromatic carbocycles. The van der Waals surface area contributed by atoms with Crippen LogP contribution < -0.4 is 14.4 Å². The molecule has 3 fully saturated rings. The Hall–Kier alpha value is -3.66. The quantitative estimate of drug-likeness (QED) is 0.335. The third-order valence-electron chi connectivity index (χ3n) is 9.27. The maximum absolute atomic E-state index is 15.4. The third kappa shape index (κ3) is 7.74. The maximum atomic E-state index is 15.4. The summed E-state index contributed by atoms with van der Waals surface area (Å²) in [4.78, 5) is 33.1. The van der Waals surface area contributed by atoms with Gasteiger partial charge < -0.3 is 24.0 Å². The lowest BCUT2D eigenvalue weighted by atomic mass is 9.93. The number of aromatic nitrogens is 3. The molecule has 1 N–H and O–H groups in total. The van der Waals surface area contributed by atoms with Crippen molar-refractivity contribution in [1.82, 2.24) is 24.8 Å². The number of esters is 1. The minimum atomic E-state index is -3.64. The molecule has 3 aliphatic heterocycles. The van der Waals surface area contributed by atoms with Crippen LogP contribution in [-0.2, 0) is 30.8 Å². The fraction of sp³-hybridized carbons (Fsp3) is 0.562. The number of halogens is 1. The van der Waals surface area contributed by atoms with Crippen LogP contribution >= 0.6 is 0 Å². The summed E-state index contributed by atoms with van der Waals surface area (Å²) >= 11 is 0.